The Labute approximate surface area is 368 Å². The standard InChI is InChI=1S/C25H14F10O2.C25H22F2O2/c1-25(2,3)37-24-10(27)6-8-12(18(31)22(35)20(33)16(8)29)14(24)13-11-7(5-9(26)23(13)36-4)15(28)19(32)21(34)17(11)30;1-25(2,3)29-24-20(27)14-16-10-6-8-12-18(16)22(24)21-17-11-7-5-9-15(17)13-19(26)23(21)28-4/h5-6H,1-4H3;5-14H,1-4H3. The molecule has 0 aromatic heterocycles. The molecule has 344 valence electrons. The molecule has 8 rings (SSSR count). The van der Waals surface area contributed by atoms with Crippen LogP contribution >= 0.6 is 0 Å². The third-order valence-corrected chi connectivity index (χ3v) is 10.2. The third kappa shape index (κ3) is 8.10. The van der Waals surface area contributed by atoms with Crippen LogP contribution in [0, 0.1) is 69.8 Å². The summed E-state index contributed by atoms with van der Waals surface area (Å²) in [5, 5.41) is -2.15. The molecule has 66 heavy (non-hydrogen) atoms. The first-order valence-corrected chi connectivity index (χ1v) is 19.8. The van der Waals surface area contributed by atoms with Crippen LogP contribution in [0.5, 0.6) is 23.0 Å². The molecular weight excluding hydrogens is 893 g/mol. The predicted molar refractivity (Wildman–Crippen MR) is 227 cm³/mol. The Hall–Kier alpha value is -6.84. The molecule has 0 N–H and O–H groups in total. The van der Waals surface area contributed by atoms with Gasteiger partial charge in [0, 0.05) is 43.8 Å². The summed E-state index contributed by atoms with van der Waals surface area (Å²) in [5.74, 6) is -24.0. The molecular formula is C50H36F12O4. The van der Waals surface area contributed by atoms with Crippen LogP contribution in [0.4, 0.5) is 52.7 Å². The predicted octanol–water partition coefficient (Wildman–Crippen LogP) is 15.4. The van der Waals surface area contributed by atoms with Crippen LogP contribution in [-0.4, -0.2) is 25.4 Å². The number of rotatable bonds is 6. The van der Waals surface area contributed by atoms with Gasteiger partial charge >= 0.3 is 0 Å². The summed E-state index contributed by atoms with van der Waals surface area (Å²) in [6.07, 6.45) is 0. The van der Waals surface area contributed by atoms with E-state index in [0.29, 0.717) is 21.9 Å². The van der Waals surface area contributed by atoms with Crippen LogP contribution in [0.2, 0.25) is 0 Å². The minimum Gasteiger partial charge on any atom is -0.493 e. The summed E-state index contributed by atoms with van der Waals surface area (Å²) in [6.45, 7) is 9.60. The van der Waals surface area contributed by atoms with Crippen molar-refractivity contribution in [1.29, 1.82) is 0 Å². The third-order valence-electron chi connectivity index (χ3n) is 10.2. The Morgan fingerprint density at radius 2 is 0.636 bits per heavy atom. The molecule has 0 radical (unpaired) electrons. The zero-order chi connectivity index (χ0) is 48.5. The van der Waals surface area contributed by atoms with Gasteiger partial charge in [-0.3, -0.25) is 0 Å². The van der Waals surface area contributed by atoms with E-state index in [1.807, 2.05) is 69.3 Å². The molecule has 0 aliphatic carbocycles. The van der Waals surface area contributed by atoms with Gasteiger partial charge < -0.3 is 18.9 Å². The van der Waals surface area contributed by atoms with E-state index in [2.05, 4.69) is 0 Å². The molecule has 0 amide bonds. The van der Waals surface area contributed by atoms with Crippen LogP contribution in [0.3, 0.4) is 0 Å². The lowest BCUT2D eigenvalue weighted by Gasteiger charge is -2.26. The first kappa shape index (κ1) is 47.1. The lowest BCUT2D eigenvalue weighted by Crippen LogP contribution is -2.24. The molecule has 16 heteroatoms. The van der Waals surface area contributed by atoms with Gasteiger partial charge in [0.1, 0.15) is 11.2 Å². The normalized spacial score (nSPS) is 11.9. The number of hydrogen-bond acceptors (Lipinski definition) is 4. The molecule has 0 saturated carbocycles. The fraction of sp³-hybridized carbons (Fsp3) is 0.200. The average Bonchev–Trinajstić information content (AvgIpc) is 3.25. The molecule has 4 nitrogen and oxygen atoms in total. The highest BCUT2D eigenvalue weighted by atomic mass is 19.2. The zero-order valence-electron chi connectivity index (χ0n) is 36.1. The van der Waals surface area contributed by atoms with Gasteiger partial charge in [-0.05, 0) is 87.4 Å². The van der Waals surface area contributed by atoms with Crippen molar-refractivity contribution in [2.24, 2.45) is 0 Å². The smallest absolute Gasteiger partial charge is 0.198 e. The van der Waals surface area contributed by atoms with E-state index in [-0.39, 0.29) is 23.6 Å². The number of hydrogen-bond donors (Lipinski definition) is 0. The Morgan fingerprint density at radius 1 is 0.333 bits per heavy atom. The second kappa shape index (κ2) is 17.2. The van der Waals surface area contributed by atoms with Gasteiger partial charge in [-0.15, -0.1) is 0 Å². The largest absolute Gasteiger partial charge is 0.493 e. The van der Waals surface area contributed by atoms with Crippen molar-refractivity contribution in [2.75, 3.05) is 14.2 Å². The van der Waals surface area contributed by atoms with Crippen LogP contribution in [-0.2, 0) is 0 Å². The van der Waals surface area contributed by atoms with E-state index >= 15 is 22.0 Å². The maximum Gasteiger partial charge on any atom is 0.198 e. The second-order valence-corrected chi connectivity index (χ2v) is 16.9. The number of methoxy groups -OCH3 is 2. The molecule has 0 fully saturated rings. The lowest BCUT2D eigenvalue weighted by molar-refractivity contribution is 0.125. The Balaban J connectivity index is 0.000000202. The molecule has 8 aromatic carbocycles. The monoisotopic (exact) mass is 928 g/mol. The van der Waals surface area contributed by atoms with E-state index in [4.69, 9.17) is 18.9 Å². The molecule has 0 atom stereocenters. The lowest BCUT2D eigenvalue weighted by atomic mass is 9.90. The minimum absolute atomic E-state index is 0.0678. The summed E-state index contributed by atoms with van der Waals surface area (Å²) in [5.41, 5.74) is -3.39. The summed E-state index contributed by atoms with van der Waals surface area (Å²) in [4.78, 5) is 0. The Bertz CT molecular complexity index is 3280. The van der Waals surface area contributed by atoms with Crippen molar-refractivity contribution in [1.82, 2.24) is 0 Å². The van der Waals surface area contributed by atoms with Gasteiger partial charge in [0.25, 0.3) is 0 Å². The SMILES string of the molecule is COc1c(F)cc2c(F)c(F)c(F)c(F)c2c1-c1c(OC(C)(C)C)c(F)cc2c(F)c(F)c(F)c(F)c12.COc1c(F)cc2ccccc2c1-c1c(OC(C)(C)C)c(F)cc2ccccc12. The van der Waals surface area contributed by atoms with Crippen LogP contribution in [0.1, 0.15) is 41.5 Å². The average molecular weight is 929 g/mol. The van der Waals surface area contributed by atoms with Crippen LogP contribution in [0.15, 0.2) is 72.8 Å². The maximum atomic E-state index is 15.3. The fourth-order valence-corrected chi connectivity index (χ4v) is 7.68. The first-order valence-electron chi connectivity index (χ1n) is 19.8. The highest BCUT2D eigenvalue weighted by Gasteiger charge is 2.35. The molecule has 0 bridgehead atoms. The van der Waals surface area contributed by atoms with Gasteiger partial charge in [0.15, 0.2) is 92.8 Å². The summed E-state index contributed by atoms with van der Waals surface area (Å²) in [7, 11) is 2.20. The molecule has 0 unspecified atom stereocenters. The molecule has 0 heterocycles. The Morgan fingerprint density at radius 3 is 1.05 bits per heavy atom. The number of halogens is 12. The van der Waals surface area contributed by atoms with Gasteiger partial charge in [0.05, 0.1) is 14.2 Å². The second-order valence-electron chi connectivity index (χ2n) is 16.9. The van der Waals surface area contributed by atoms with Crippen molar-refractivity contribution in [3.05, 3.63) is 143 Å². The van der Waals surface area contributed by atoms with Gasteiger partial charge in [-0.2, -0.15) is 0 Å². The van der Waals surface area contributed by atoms with Crippen LogP contribution < -0.4 is 18.9 Å². The molecule has 0 aliphatic heterocycles. The summed E-state index contributed by atoms with van der Waals surface area (Å²) in [6, 6.07) is 18.2. The minimum atomic E-state index is -2.39. The fourth-order valence-electron chi connectivity index (χ4n) is 7.68. The van der Waals surface area contributed by atoms with Gasteiger partial charge in [-0.25, -0.2) is 52.7 Å². The molecule has 0 saturated heterocycles. The van der Waals surface area contributed by atoms with E-state index < -0.39 is 125 Å². The molecule has 0 aliphatic rings. The summed E-state index contributed by atoms with van der Waals surface area (Å²) < 4.78 is 199. The van der Waals surface area contributed by atoms with Crippen molar-refractivity contribution in [3.8, 4) is 45.3 Å². The van der Waals surface area contributed by atoms with Gasteiger partial charge in [-0.1, -0.05) is 48.5 Å². The molecule has 0 spiro atoms. The number of ether oxygens (including phenoxy) is 4. The van der Waals surface area contributed by atoms with Crippen molar-refractivity contribution >= 4 is 43.1 Å². The van der Waals surface area contributed by atoms with Crippen molar-refractivity contribution < 1.29 is 71.6 Å². The zero-order valence-corrected chi connectivity index (χ0v) is 36.1. The van der Waals surface area contributed by atoms with Crippen LogP contribution in [0.25, 0.3) is 65.3 Å². The van der Waals surface area contributed by atoms with E-state index in [0.717, 1.165) is 17.9 Å². The van der Waals surface area contributed by atoms with Crippen molar-refractivity contribution in [3.63, 3.8) is 0 Å². The van der Waals surface area contributed by atoms with Crippen molar-refractivity contribution in [2.45, 2.75) is 52.7 Å². The van der Waals surface area contributed by atoms with E-state index in [1.54, 1.807) is 0 Å². The maximum absolute atomic E-state index is 15.3. The van der Waals surface area contributed by atoms with Gasteiger partial charge in [0.2, 0.25) is 0 Å². The number of benzene rings is 8. The molecule has 8 aromatic rings. The first-order chi connectivity index (χ1) is 30.9. The quantitative estimate of drug-likeness (QED) is 0.0946. The summed E-state index contributed by atoms with van der Waals surface area (Å²) >= 11 is 0. The highest BCUT2D eigenvalue weighted by Crippen LogP contribution is 2.52. The topological polar surface area (TPSA) is 36.9 Å². The van der Waals surface area contributed by atoms with E-state index in [9.17, 15) is 30.7 Å². The number of fused-ring (bicyclic) bond motifs is 4. The Kier molecular flexibility index (Phi) is 12.3. The highest BCUT2D eigenvalue weighted by molar-refractivity contribution is 6.12. The van der Waals surface area contributed by atoms with E-state index in [1.165, 1.54) is 40.0 Å².